The summed E-state index contributed by atoms with van der Waals surface area (Å²) in [6.07, 6.45) is 5.77. The Morgan fingerprint density at radius 3 is 2.66 bits per heavy atom. The van der Waals surface area contributed by atoms with Crippen LogP contribution in [0.3, 0.4) is 0 Å². The van der Waals surface area contributed by atoms with Crippen LogP contribution in [-0.4, -0.2) is 46.6 Å². The number of hydrogen-bond donors (Lipinski definition) is 1. The van der Waals surface area contributed by atoms with E-state index in [0.29, 0.717) is 23.0 Å². The van der Waals surface area contributed by atoms with Crippen LogP contribution in [0, 0.1) is 24.1 Å². The lowest BCUT2D eigenvalue weighted by Crippen LogP contribution is -2.54. The van der Waals surface area contributed by atoms with E-state index < -0.39 is 0 Å². The van der Waals surface area contributed by atoms with Gasteiger partial charge in [-0.25, -0.2) is 9.37 Å². The molecule has 7 heteroatoms. The third-order valence-electron chi connectivity index (χ3n) is 6.89. The van der Waals surface area contributed by atoms with Crippen LogP contribution in [0.25, 0.3) is 10.8 Å². The summed E-state index contributed by atoms with van der Waals surface area (Å²) in [6, 6.07) is 11.7. The number of fused-ring (bicyclic) bond motifs is 3. The lowest BCUT2D eigenvalue weighted by Gasteiger charge is -2.41. The molecule has 1 N–H and O–H groups in total. The largest absolute Gasteiger partial charge is 0.353 e. The van der Waals surface area contributed by atoms with Crippen molar-refractivity contribution in [3.05, 3.63) is 69.5 Å². The number of nitrogens with zero attached hydrogens (tertiary/aromatic N) is 4. The van der Waals surface area contributed by atoms with E-state index >= 15 is 0 Å². The highest BCUT2D eigenvalue weighted by Gasteiger charge is 2.39. The summed E-state index contributed by atoms with van der Waals surface area (Å²) < 4.78 is 13.7. The van der Waals surface area contributed by atoms with E-state index in [9.17, 15) is 9.18 Å². The van der Waals surface area contributed by atoms with Gasteiger partial charge in [-0.1, -0.05) is 0 Å². The Labute approximate surface area is 186 Å². The number of pyridine rings is 2. The van der Waals surface area contributed by atoms with Crippen molar-refractivity contribution in [3.63, 3.8) is 0 Å². The summed E-state index contributed by atoms with van der Waals surface area (Å²) in [5, 5.41) is 10.2. The number of hydrogen-bond acceptors (Lipinski definition) is 5. The van der Waals surface area contributed by atoms with Crippen LogP contribution in [0.4, 0.5) is 10.2 Å². The molecule has 2 saturated heterocycles. The third-order valence-corrected chi connectivity index (χ3v) is 6.89. The highest BCUT2D eigenvalue weighted by atomic mass is 19.1. The molecular weight excluding hydrogens is 405 g/mol. The van der Waals surface area contributed by atoms with Gasteiger partial charge in [0.25, 0.3) is 5.56 Å². The molecule has 2 unspecified atom stereocenters. The molecule has 5 rings (SSSR count). The first-order chi connectivity index (χ1) is 15.5. The first-order valence-electron chi connectivity index (χ1n) is 11.2. The molecule has 0 spiro atoms. The van der Waals surface area contributed by atoms with Gasteiger partial charge in [0, 0.05) is 37.1 Å². The lowest BCUT2D eigenvalue weighted by molar-refractivity contribution is 0.167. The van der Waals surface area contributed by atoms with Gasteiger partial charge in [0.1, 0.15) is 17.7 Å². The van der Waals surface area contributed by atoms with Crippen molar-refractivity contribution in [2.75, 3.05) is 24.5 Å². The number of benzene rings is 1. The van der Waals surface area contributed by atoms with E-state index in [1.807, 2.05) is 25.1 Å². The van der Waals surface area contributed by atoms with Gasteiger partial charge in [-0.2, -0.15) is 5.26 Å². The van der Waals surface area contributed by atoms with Gasteiger partial charge in [0.15, 0.2) is 0 Å². The molecule has 32 heavy (non-hydrogen) atoms. The Kier molecular flexibility index (Phi) is 5.40. The summed E-state index contributed by atoms with van der Waals surface area (Å²) >= 11 is 0. The summed E-state index contributed by atoms with van der Waals surface area (Å²) in [5.41, 5.74) is 2.06. The van der Waals surface area contributed by atoms with Gasteiger partial charge < -0.3 is 9.88 Å². The maximum Gasteiger partial charge on any atom is 0.256 e. The van der Waals surface area contributed by atoms with Crippen LogP contribution in [0.5, 0.6) is 0 Å². The maximum atomic E-state index is 13.7. The molecule has 0 aliphatic carbocycles. The second kappa shape index (κ2) is 8.36. The van der Waals surface area contributed by atoms with E-state index in [2.05, 4.69) is 25.8 Å². The van der Waals surface area contributed by atoms with Crippen molar-refractivity contribution in [1.82, 2.24) is 14.9 Å². The topological polar surface area (TPSA) is 76.0 Å². The molecule has 0 radical (unpaired) electrons. The van der Waals surface area contributed by atoms with Crippen LogP contribution >= 0.6 is 0 Å². The molecule has 164 valence electrons. The minimum atomic E-state index is -0.376. The van der Waals surface area contributed by atoms with E-state index in [1.54, 1.807) is 6.20 Å². The fourth-order valence-electron chi connectivity index (χ4n) is 5.33. The number of nitrogens with one attached hydrogen (secondary N) is 1. The number of piperazine rings is 1. The molecule has 1 aromatic carbocycles. The number of anilines is 1. The lowest BCUT2D eigenvalue weighted by atomic mass is 10.0. The average Bonchev–Trinajstić information content (AvgIpc) is 3.01. The van der Waals surface area contributed by atoms with Gasteiger partial charge in [0.2, 0.25) is 0 Å². The van der Waals surface area contributed by atoms with E-state index in [0.717, 1.165) is 54.9 Å². The molecule has 2 aliphatic heterocycles. The first kappa shape index (κ1) is 20.7. The molecule has 2 bridgehead atoms. The van der Waals surface area contributed by atoms with Crippen molar-refractivity contribution < 1.29 is 4.39 Å². The zero-order valence-corrected chi connectivity index (χ0v) is 18.1. The maximum absolute atomic E-state index is 13.7. The third kappa shape index (κ3) is 3.87. The van der Waals surface area contributed by atoms with Crippen molar-refractivity contribution in [3.8, 4) is 6.07 Å². The van der Waals surface area contributed by atoms with Crippen molar-refractivity contribution >= 4 is 16.6 Å². The summed E-state index contributed by atoms with van der Waals surface area (Å²) in [6.45, 7) is 4.74. The van der Waals surface area contributed by atoms with Crippen molar-refractivity contribution in [2.24, 2.45) is 0 Å². The van der Waals surface area contributed by atoms with Crippen LogP contribution in [0.15, 0.2) is 41.3 Å². The molecular formula is C25H26FN5O. The highest BCUT2D eigenvalue weighted by Crippen LogP contribution is 2.32. The van der Waals surface area contributed by atoms with Gasteiger partial charge in [-0.3, -0.25) is 9.69 Å². The molecule has 2 atom stereocenters. The van der Waals surface area contributed by atoms with Crippen LogP contribution in [0.1, 0.15) is 36.1 Å². The number of H-pyrrole nitrogens is 1. The second-order valence-electron chi connectivity index (χ2n) is 8.96. The molecule has 2 fully saturated rings. The quantitative estimate of drug-likeness (QED) is 0.669. The zero-order valence-electron chi connectivity index (χ0n) is 18.1. The summed E-state index contributed by atoms with van der Waals surface area (Å²) in [7, 11) is 0. The molecule has 0 saturated carbocycles. The van der Waals surface area contributed by atoms with E-state index in [1.165, 1.54) is 25.0 Å². The fraction of sp³-hybridized carbons (Fsp3) is 0.400. The Morgan fingerprint density at radius 2 is 1.97 bits per heavy atom. The molecule has 6 nitrogen and oxygen atoms in total. The number of nitriles is 1. The van der Waals surface area contributed by atoms with Crippen molar-refractivity contribution in [2.45, 2.75) is 44.7 Å². The molecule has 4 heterocycles. The number of rotatable bonds is 5. The predicted molar refractivity (Wildman–Crippen MR) is 122 cm³/mol. The molecule has 3 aromatic rings. The first-order valence-corrected chi connectivity index (χ1v) is 11.2. The minimum absolute atomic E-state index is 0.219. The smallest absolute Gasteiger partial charge is 0.256 e. The Hall–Kier alpha value is -3.24. The Morgan fingerprint density at radius 1 is 1.19 bits per heavy atom. The van der Waals surface area contributed by atoms with Gasteiger partial charge in [-0.05, 0) is 80.4 Å². The Balaban J connectivity index is 1.23. The van der Waals surface area contributed by atoms with Crippen LogP contribution < -0.4 is 10.5 Å². The highest BCUT2D eigenvalue weighted by molar-refractivity contribution is 5.85. The van der Waals surface area contributed by atoms with Crippen LogP contribution in [-0.2, 0) is 6.42 Å². The van der Waals surface area contributed by atoms with E-state index in [-0.39, 0.29) is 11.4 Å². The predicted octanol–water partition coefficient (Wildman–Crippen LogP) is 3.53. The monoisotopic (exact) mass is 431 g/mol. The summed E-state index contributed by atoms with van der Waals surface area (Å²) in [4.78, 5) is 24.8. The average molecular weight is 432 g/mol. The van der Waals surface area contributed by atoms with Gasteiger partial charge >= 0.3 is 0 Å². The van der Waals surface area contributed by atoms with Crippen LogP contribution in [0.2, 0.25) is 0 Å². The number of aromatic amines is 1. The summed E-state index contributed by atoms with van der Waals surface area (Å²) in [5.74, 6) is 0.570. The number of halogens is 1. The molecule has 2 aromatic heterocycles. The van der Waals surface area contributed by atoms with E-state index in [4.69, 9.17) is 5.26 Å². The number of aryl methyl sites for hydroxylation is 2. The second-order valence-corrected chi connectivity index (χ2v) is 8.96. The standard InChI is InChI=1S/C25H26FN5O/c1-16-9-18(26)10-23-22(16)11-19(29-25(23)32)3-2-8-31-20-5-6-21(31)15-30(14-20)24-7-4-17(12-27)13-28-24/h4,7,9-11,13,20-21H,2-3,5-6,8,14-15H2,1H3,(H,29,32). The van der Waals surface area contributed by atoms with Crippen molar-refractivity contribution in [1.29, 1.82) is 5.26 Å². The normalized spacial score (nSPS) is 20.6. The minimum Gasteiger partial charge on any atom is -0.353 e. The molecule has 0 amide bonds. The zero-order chi connectivity index (χ0) is 22.2. The number of aromatic nitrogens is 2. The Bertz CT molecular complexity index is 1230. The molecule has 2 aliphatic rings. The van der Waals surface area contributed by atoms with Gasteiger partial charge in [0.05, 0.1) is 10.9 Å². The fourth-order valence-corrected chi connectivity index (χ4v) is 5.33. The van der Waals surface area contributed by atoms with Gasteiger partial charge in [-0.15, -0.1) is 0 Å². The SMILES string of the molecule is Cc1cc(F)cc2c(=O)[nH]c(CCCN3C4CCC3CN(c3ccc(C#N)cn3)C4)cc12.